The SMILES string of the molecule is CCc1cc(O[C@H]2C(C)(C)[C@H](NC(=O)c3ccc(C)cc3)C2(C)C)ccc1C#N. The number of ether oxygens (including phenoxy) is 1. The lowest BCUT2D eigenvalue weighted by Gasteiger charge is -2.63. The largest absolute Gasteiger partial charge is 0.489 e. The number of hydrogen-bond donors (Lipinski definition) is 1. The average Bonchev–Trinajstić information content (AvgIpc) is 2.69. The lowest BCUT2D eigenvalue weighted by Crippen LogP contribution is -2.74. The molecule has 1 saturated carbocycles. The molecular formula is C25H30N2O2. The summed E-state index contributed by atoms with van der Waals surface area (Å²) in [6, 6.07) is 15.5. The highest BCUT2D eigenvalue weighted by Crippen LogP contribution is 2.55. The number of nitrogens with zero attached hydrogens (tertiary/aromatic N) is 1. The van der Waals surface area contributed by atoms with E-state index in [1.54, 1.807) is 0 Å². The number of rotatable bonds is 5. The molecule has 2 aromatic rings. The van der Waals surface area contributed by atoms with Crippen molar-refractivity contribution in [2.24, 2.45) is 10.8 Å². The van der Waals surface area contributed by atoms with Crippen molar-refractivity contribution >= 4 is 5.91 Å². The molecule has 0 saturated heterocycles. The summed E-state index contributed by atoms with van der Waals surface area (Å²) >= 11 is 0. The number of benzene rings is 2. The predicted octanol–water partition coefficient (Wildman–Crippen LogP) is 5.04. The Balaban J connectivity index is 1.77. The molecule has 0 bridgehead atoms. The van der Waals surface area contributed by atoms with Gasteiger partial charge in [0.15, 0.2) is 0 Å². The summed E-state index contributed by atoms with van der Waals surface area (Å²) in [5.41, 5.74) is 3.02. The number of nitrogens with one attached hydrogen (secondary N) is 1. The van der Waals surface area contributed by atoms with Crippen LogP contribution >= 0.6 is 0 Å². The van der Waals surface area contributed by atoms with Gasteiger partial charge in [-0.25, -0.2) is 0 Å². The molecule has 0 radical (unpaired) electrons. The standard InChI is InChI=1S/C25H30N2O2/c1-7-17-14-20(13-12-19(17)15-26)29-23-24(3,4)22(25(23,5)6)27-21(28)18-10-8-16(2)9-11-18/h8-14,22-23H,7H2,1-6H3,(H,27,28)/t22-,23-. The Morgan fingerprint density at radius 3 is 2.28 bits per heavy atom. The van der Waals surface area contributed by atoms with Gasteiger partial charge in [0.05, 0.1) is 11.6 Å². The third-order valence-electron chi connectivity index (χ3n) is 6.26. The van der Waals surface area contributed by atoms with Gasteiger partial charge in [-0.15, -0.1) is 0 Å². The number of amides is 1. The maximum atomic E-state index is 12.8. The normalized spacial score (nSPS) is 21.6. The summed E-state index contributed by atoms with van der Waals surface area (Å²) < 4.78 is 6.40. The Morgan fingerprint density at radius 1 is 1.10 bits per heavy atom. The zero-order valence-electron chi connectivity index (χ0n) is 18.2. The molecule has 4 nitrogen and oxygen atoms in total. The van der Waals surface area contributed by atoms with E-state index in [2.05, 4.69) is 39.1 Å². The molecular weight excluding hydrogens is 360 g/mol. The van der Waals surface area contributed by atoms with Gasteiger partial charge in [-0.3, -0.25) is 4.79 Å². The fraction of sp³-hybridized carbons (Fsp3) is 0.440. The molecule has 0 aliphatic heterocycles. The van der Waals surface area contributed by atoms with Crippen LogP contribution in [0.3, 0.4) is 0 Å². The van der Waals surface area contributed by atoms with Crippen molar-refractivity contribution in [1.29, 1.82) is 5.26 Å². The molecule has 1 amide bonds. The average molecular weight is 391 g/mol. The quantitative estimate of drug-likeness (QED) is 0.778. The molecule has 0 unspecified atom stereocenters. The second kappa shape index (κ2) is 7.55. The lowest BCUT2D eigenvalue weighted by atomic mass is 9.49. The van der Waals surface area contributed by atoms with Gasteiger partial charge in [-0.05, 0) is 49.2 Å². The molecule has 152 valence electrons. The minimum Gasteiger partial charge on any atom is -0.489 e. The highest BCUT2D eigenvalue weighted by Gasteiger charge is 2.64. The van der Waals surface area contributed by atoms with Gasteiger partial charge in [0.25, 0.3) is 5.91 Å². The summed E-state index contributed by atoms with van der Waals surface area (Å²) in [6.07, 6.45) is 0.725. The molecule has 0 atom stereocenters. The minimum atomic E-state index is -0.232. The Bertz CT molecular complexity index is 936. The predicted molar refractivity (Wildman–Crippen MR) is 115 cm³/mol. The fourth-order valence-corrected chi connectivity index (χ4v) is 4.90. The first kappa shape index (κ1) is 20.9. The summed E-state index contributed by atoms with van der Waals surface area (Å²) in [4.78, 5) is 12.8. The topological polar surface area (TPSA) is 62.1 Å². The minimum absolute atomic E-state index is 0.0159. The van der Waals surface area contributed by atoms with E-state index in [-0.39, 0.29) is 28.9 Å². The first-order chi connectivity index (χ1) is 13.6. The van der Waals surface area contributed by atoms with Crippen molar-refractivity contribution in [1.82, 2.24) is 5.32 Å². The maximum Gasteiger partial charge on any atom is 0.251 e. The molecule has 1 N–H and O–H groups in total. The van der Waals surface area contributed by atoms with E-state index in [0.717, 1.165) is 23.3 Å². The van der Waals surface area contributed by atoms with E-state index in [1.807, 2.05) is 56.3 Å². The van der Waals surface area contributed by atoms with Gasteiger partial charge in [0.2, 0.25) is 0 Å². The van der Waals surface area contributed by atoms with Gasteiger partial charge < -0.3 is 10.1 Å². The van der Waals surface area contributed by atoms with Crippen LogP contribution in [0.5, 0.6) is 5.75 Å². The monoisotopic (exact) mass is 390 g/mol. The van der Waals surface area contributed by atoms with Gasteiger partial charge >= 0.3 is 0 Å². The zero-order chi connectivity index (χ0) is 21.4. The Hall–Kier alpha value is -2.80. The van der Waals surface area contributed by atoms with Crippen molar-refractivity contribution < 1.29 is 9.53 Å². The van der Waals surface area contributed by atoms with Crippen molar-refractivity contribution in [2.45, 2.75) is 60.1 Å². The van der Waals surface area contributed by atoms with Gasteiger partial charge in [0, 0.05) is 22.4 Å². The molecule has 0 heterocycles. The van der Waals surface area contributed by atoms with Crippen LogP contribution in [-0.2, 0) is 6.42 Å². The Kier molecular flexibility index (Phi) is 5.45. The van der Waals surface area contributed by atoms with E-state index in [0.29, 0.717) is 11.1 Å². The summed E-state index contributed by atoms with van der Waals surface area (Å²) in [5, 5.41) is 12.5. The molecule has 29 heavy (non-hydrogen) atoms. The van der Waals surface area contributed by atoms with Crippen LogP contribution in [0.1, 0.15) is 61.7 Å². The van der Waals surface area contributed by atoms with E-state index < -0.39 is 0 Å². The van der Waals surface area contributed by atoms with Crippen LogP contribution in [0, 0.1) is 29.1 Å². The molecule has 4 heteroatoms. The molecule has 0 aromatic heterocycles. The summed E-state index contributed by atoms with van der Waals surface area (Å²) in [5.74, 6) is 0.719. The fourth-order valence-electron chi connectivity index (χ4n) is 4.90. The van der Waals surface area contributed by atoms with Crippen molar-refractivity contribution in [3.8, 4) is 11.8 Å². The summed E-state index contributed by atoms with van der Waals surface area (Å²) in [7, 11) is 0. The van der Waals surface area contributed by atoms with Gasteiger partial charge in [0.1, 0.15) is 11.9 Å². The first-order valence-corrected chi connectivity index (χ1v) is 10.2. The van der Waals surface area contributed by atoms with E-state index in [9.17, 15) is 10.1 Å². The van der Waals surface area contributed by atoms with Crippen molar-refractivity contribution in [2.75, 3.05) is 0 Å². The second-order valence-electron chi connectivity index (χ2n) is 9.20. The van der Waals surface area contributed by atoms with Gasteiger partial charge in [-0.1, -0.05) is 52.3 Å². The van der Waals surface area contributed by atoms with Crippen LogP contribution in [0.25, 0.3) is 0 Å². The third-order valence-corrected chi connectivity index (χ3v) is 6.26. The van der Waals surface area contributed by atoms with Crippen LogP contribution in [0.15, 0.2) is 42.5 Å². The first-order valence-electron chi connectivity index (χ1n) is 10.2. The third kappa shape index (κ3) is 3.74. The lowest BCUT2D eigenvalue weighted by molar-refractivity contribution is -0.164. The van der Waals surface area contributed by atoms with Crippen LogP contribution in [-0.4, -0.2) is 18.1 Å². The second-order valence-corrected chi connectivity index (χ2v) is 9.20. The highest BCUT2D eigenvalue weighted by atomic mass is 16.5. The van der Waals surface area contributed by atoms with Crippen LogP contribution in [0.2, 0.25) is 0 Å². The number of hydrogen-bond acceptors (Lipinski definition) is 3. The van der Waals surface area contributed by atoms with Crippen LogP contribution in [0.4, 0.5) is 0 Å². The van der Waals surface area contributed by atoms with Crippen LogP contribution < -0.4 is 10.1 Å². The van der Waals surface area contributed by atoms with Crippen molar-refractivity contribution in [3.05, 3.63) is 64.7 Å². The highest BCUT2D eigenvalue weighted by molar-refractivity contribution is 5.94. The molecule has 2 aromatic carbocycles. The number of carbonyl (C=O) groups excluding carboxylic acids is 1. The van der Waals surface area contributed by atoms with E-state index >= 15 is 0 Å². The van der Waals surface area contributed by atoms with Gasteiger partial charge in [-0.2, -0.15) is 5.26 Å². The number of nitriles is 1. The van der Waals surface area contributed by atoms with E-state index in [4.69, 9.17) is 4.74 Å². The molecule has 1 aliphatic carbocycles. The number of aryl methyl sites for hydroxylation is 2. The molecule has 1 fully saturated rings. The zero-order valence-corrected chi connectivity index (χ0v) is 18.2. The van der Waals surface area contributed by atoms with E-state index in [1.165, 1.54) is 0 Å². The molecule has 1 aliphatic rings. The molecule has 3 rings (SSSR count). The number of carbonyl (C=O) groups is 1. The Morgan fingerprint density at radius 2 is 1.72 bits per heavy atom. The summed E-state index contributed by atoms with van der Waals surface area (Å²) in [6.45, 7) is 12.6. The molecule has 0 spiro atoms. The maximum absolute atomic E-state index is 12.8. The van der Waals surface area contributed by atoms with Crippen molar-refractivity contribution in [3.63, 3.8) is 0 Å². The smallest absolute Gasteiger partial charge is 0.251 e. The Labute approximate surface area is 173 Å².